The number of carbonyl (C=O) groups is 1. The molecule has 2 aromatic carbocycles. The summed E-state index contributed by atoms with van der Waals surface area (Å²) in [5.74, 6) is -0.549. The molecular weight excluding hydrogens is 446 g/mol. The second-order valence-electron chi connectivity index (χ2n) is 6.48. The third-order valence-corrected chi connectivity index (χ3v) is 7.59. The van der Waals surface area contributed by atoms with E-state index in [9.17, 15) is 22.0 Å². The molecule has 1 N–H and O–H groups in total. The van der Waals surface area contributed by atoms with Crippen LogP contribution in [0.25, 0.3) is 11.0 Å². The largest absolute Gasteiger partial charge is 0.325 e. The van der Waals surface area contributed by atoms with Gasteiger partial charge < -0.3 is 5.32 Å². The molecule has 1 heterocycles. The molecule has 0 spiro atoms. The summed E-state index contributed by atoms with van der Waals surface area (Å²) in [4.78, 5) is 16.6. The third-order valence-electron chi connectivity index (χ3n) is 4.57. The first-order valence-electron chi connectivity index (χ1n) is 9.55. The van der Waals surface area contributed by atoms with Crippen LogP contribution in [0, 0.1) is 0 Å². The van der Waals surface area contributed by atoms with Crippen LogP contribution in [0.1, 0.15) is 20.4 Å². The number of aromatic nitrogens is 2. The molecule has 0 saturated carbocycles. The molecule has 0 fully saturated rings. The Hall–Kier alpha value is -2.50. The molecule has 3 aromatic rings. The first kappa shape index (κ1) is 23.2. The molecule has 0 aliphatic heterocycles. The van der Waals surface area contributed by atoms with Gasteiger partial charge in [-0.1, -0.05) is 37.7 Å². The van der Waals surface area contributed by atoms with Crippen LogP contribution in [-0.2, 0) is 14.8 Å². The van der Waals surface area contributed by atoms with Crippen molar-refractivity contribution in [3.05, 3.63) is 48.5 Å². The molecule has 1 aromatic heterocycles. The van der Waals surface area contributed by atoms with E-state index >= 15 is 0 Å². The SMILES string of the molecule is CCN(CC)S(=O)(=O)c1ccc(NC(=O)CSc2nc3ccccc3n2C(F)F)cc1. The first-order valence-corrected chi connectivity index (χ1v) is 12.0. The van der Waals surface area contributed by atoms with Gasteiger partial charge in [-0.15, -0.1) is 0 Å². The smallest absolute Gasteiger partial charge is 0.321 e. The van der Waals surface area contributed by atoms with Gasteiger partial charge in [0.15, 0.2) is 5.16 Å². The Morgan fingerprint density at radius 1 is 1.13 bits per heavy atom. The van der Waals surface area contributed by atoms with Crippen molar-refractivity contribution in [3.63, 3.8) is 0 Å². The van der Waals surface area contributed by atoms with E-state index < -0.39 is 22.5 Å². The number of nitrogens with zero attached hydrogens (tertiary/aromatic N) is 3. The Morgan fingerprint density at radius 2 is 1.77 bits per heavy atom. The summed E-state index contributed by atoms with van der Waals surface area (Å²) in [6.07, 6.45) is 0. The highest BCUT2D eigenvalue weighted by Gasteiger charge is 2.22. The van der Waals surface area contributed by atoms with E-state index in [1.165, 1.54) is 28.6 Å². The first-order chi connectivity index (χ1) is 14.8. The molecule has 11 heteroatoms. The summed E-state index contributed by atoms with van der Waals surface area (Å²) in [5.41, 5.74) is 1.13. The maximum absolute atomic E-state index is 13.5. The lowest BCUT2D eigenvalue weighted by Gasteiger charge is -2.18. The molecule has 0 aliphatic rings. The van der Waals surface area contributed by atoms with Crippen molar-refractivity contribution in [2.24, 2.45) is 0 Å². The molecule has 1 amide bonds. The van der Waals surface area contributed by atoms with Crippen molar-refractivity contribution < 1.29 is 22.0 Å². The van der Waals surface area contributed by atoms with E-state index in [-0.39, 0.29) is 15.8 Å². The van der Waals surface area contributed by atoms with Crippen LogP contribution in [0.15, 0.2) is 58.6 Å². The van der Waals surface area contributed by atoms with E-state index in [0.717, 1.165) is 16.3 Å². The Kier molecular flexibility index (Phi) is 7.29. The zero-order valence-electron chi connectivity index (χ0n) is 17.0. The van der Waals surface area contributed by atoms with Gasteiger partial charge >= 0.3 is 6.55 Å². The predicted octanol–water partition coefficient (Wildman–Crippen LogP) is 4.19. The van der Waals surface area contributed by atoms with Gasteiger partial charge in [0.05, 0.1) is 21.7 Å². The number of para-hydroxylation sites is 2. The number of benzene rings is 2. The minimum atomic E-state index is -3.58. The van der Waals surface area contributed by atoms with E-state index in [2.05, 4.69) is 10.3 Å². The topological polar surface area (TPSA) is 84.3 Å². The number of imidazole rings is 1. The lowest BCUT2D eigenvalue weighted by atomic mass is 10.3. The van der Waals surface area contributed by atoms with Gasteiger partial charge in [0.25, 0.3) is 0 Å². The van der Waals surface area contributed by atoms with E-state index in [4.69, 9.17) is 0 Å². The standard InChI is InChI=1S/C20H22F2N4O3S2/c1-3-25(4-2)31(28,29)15-11-9-14(10-12-15)23-18(27)13-30-20-24-16-7-5-6-8-17(16)26(20)19(21)22/h5-12,19H,3-4,13H2,1-2H3,(H,23,27). The van der Waals surface area contributed by atoms with Crippen LogP contribution in [0.2, 0.25) is 0 Å². The summed E-state index contributed by atoms with van der Waals surface area (Å²) >= 11 is 0.903. The van der Waals surface area contributed by atoms with E-state index in [0.29, 0.717) is 29.8 Å². The lowest BCUT2D eigenvalue weighted by molar-refractivity contribution is -0.113. The monoisotopic (exact) mass is 468 g/mol. The van der Waals surface area contributed by atoms with Crippen molar-refractivity contribution in [3.8, 4) is 0 Å². The highest BCUT2D eigenvalue weighted by molar-refractivity contribution is 7.99. The average molecular weight is 469 g/mol. The molecule has 31 heavy (non-hydrogen) atoms. The normalized spacial score (nSPS) is 12.1. The van der Waals surface area contributed by atoms with Gasteiger partial charge in [0.2, 0.25) is 15.9 Å². The fourth-order valence-corrected chi connectivity index (χ4v) is 5.33. The number of hydrogen-bond donors (Lipinski definition) is 1. The van der Waals surface area contributed by atoms with Gasteiger partial charge in [0.1, 0.15) is 0 Å². The van der Waals surface area contributed by atoms with Crippen LogP contribution in [0.3, 0.4) is 0 Å². The minimum Gasteiger partial charge on any atom is -0.325 e. The summed E-state index contributed by atoms with van der Waals surface area (Å²) < 4.78 is 54.1. The van der Waals surface area contributed by atoms with Gasteiger partial charge in [-0.3, -0.25) is 9.36 Å². The zero-order chi connectivity index (χ0) is 22.6. The molecule has 7 nitrogen and oxygen atoms in total. The molecule has 166 valence electrons. The quantitative estimate of drug-likeness (QED) is 0.476. The fourth-order valence-electron chi connectivity index (χ4n) is 3.06. The van der Waals surface area contributed by atoms with E-state index in [1.807, 2.05) is 0 Å². The van der Waals surface area contributed by atoms with Gasteiger partial charge in [-0.05, 0) is 36.4 Å². The Labute approximate surface area is 183 Å². The van der Waals surface area contributed by atoms with Crippen LogP contribution >= 0.6 is 11.8 Å². The van der Waals surface area contributed by atoms with Crippen molar-refractivity contribution in [2.45, 2.75) is 30.4 Å². The van der Waals surface area contributed by atoms with Gasteiger partial charge in [-0.25, -0.2) is 13.4 Å². The number of halogens is 2. The van der Waals surface area contributed by atoms with Crippen molar-refractivity contribution in [1.82, 2.24) is 13.9 Å². The van der Waals surface area contributed by atoms with Crippen LogP contribution in [-0.4, -0.2) is 47.0 Å². The summed E-state index contributed by atoms with van der Waals surface area (Å²) in [6, 6.07) is 12.4. The Bertz CT molecular complexity index is 1160. The number of thioether (sulfide) groups is 1. The zero-order valence-corrected chi connectivity index (χ0v) is 18.6. The Morgan fingerprint density at radius 3 is 2.39 bits per heavy atom. The Balaban J connectivity index is 1.67. The van der Waals surface area contributed by atoms with Gasteiger partial charge in [-0.2, -0.15) is 13.1 Å². The number of amides is 1. The number of alkyl halides is 2. The number of rotatable bonds is 9. The second kappa shape index (κ2) is 9.75. The van der Waals surface area contributed by atoms with Crippen LogP contribution in [0.5, 0.6) is 0 Å². The third kappa shape index (κ3) is 5.05. The van der Waals surface area contributed by atoms with Gasteiger partial charge in [0, 0.05) is 18.8 Å². The average Bonchev–Trinajstić information content (AvgIpc) is 3.12. The highest BCUT2D eigenvalue weighted by Crippen LogP contribution is 2.29. The molecule has 0 aliphatic carbocycles. The van der Waals surface area contributed by atoms with Crippen LogP contribution in [0.4, 0.5) is 14.5 Å². The molecule has 0 atom stereocenters. The number of hydrogen-bond acceptors (Lipinski definition) is 5. The molecule has 0 saturated heterocycles. The molecule has 0 radical (unpaired) electrons. The summed E-state index contributed by atoms with van der Waals surface area (Å²) in [5, 5.41) is 2.69. The molecule has 0 bridgehead atoms. The number of fused-ring (bicyclic) bond motifs is 1. The molecule has 3 rings (SSSR count). The number of anilines is 1. The lowest BCUT2D eigenvalue weighted by Crippen LogP contribution is -2.30. The van der Waals surface area contributed by atoms with Crippen molar-refractivity contribution >= 4 is 44.4 Å². The maximum atomic E-state index is 13.5. The molecule has 0 unspecified atom stereocenters. The van der Waals surface area contributed by atoms with Crippen LogP contribution < -0.4 is 5.32 Å². The number of carbonyl (C=O) groups excluding carboxylic acids is 1. The summed E-state index contributed by atoms with van der Waals surface area (Å²) in [7, 11) is -3.58. The summed E-state index contributed by atoms with van der Waals surface area (Å²) in [6.45, 7) is 1.46. The van der Waals surface area contributed by atoms with Crippen molar-refractivity contribution in [2.75, 3.05) is 24.2 Å². The molecular formula is C20H22F2N4O3S2. The fraction of sp³-hybridized carbons (Fsp3) is 0.300. The minimum absolute atomic E-state index is 0.0482. The van der Waals surface area contributed by atoms with Crippen molar-refractivity contribution in [1.29, 1.82) is 0 Å². The van der Waals surface area contributed by atoms with E-state index in [1.54, 1.807) is 38.1 Å². The predicted molar refractivity (Wildman–Crippen MR) is 117 cm³/mol. The highest BCUT2D eigenvalue weighted by atomic mass is 32.2. The number of nitrogens with one attached hydrogen (secondary N) is 1. The maximum Gasteiger partial charge on any atom is 0.321 e. The number of sulfonamides is 1. The second-order valence-corrected chi connectivity index (χ2v) is 9.36.